The first-order valence-corrected chi connectivity index (χ1v) is 9.03. The Balaban J connectivity index is 1.50. The molecule has 1 aliphatic rings. The van der Waals surface area contributed by atoms with Crippen LogP contribution in [0.3, 0.4) is 0 Å². The highest BCUT2D eigenvalue weighted by Gasteiger charge is 2.21. The quantitative estimate of drug-likeness (QED) is 0.711. The van der Waals surface area contributed by atoms with E-state index in [9.17, 15) is 0 Å². The summed E-state index contributed by atoms with van der Waals surface area (Å²) in [6.07, 6.45) is 10.9. The number of anilines is 1. The van der Waals surface area contributed by atoms with Crippen molar-refractivity contribution in [2.75, 3.05) is 11.9 Å². The highest BCUT2D eigenvalue weighted by molar-refractivity contribution is 5.83. The third kappa shape index (κ3) is 3.25. The molecule has 3 aromatic rings. The van der Waals surface area contributed by atoms with Gasteiger partial charge >= 0.3 is 0 Å². The third-order valence-electron chi connectivity index (χ3n) is 5.00. The number of hydrogen-bond acceptors (Lipinski definition) is 3. The number of pyridine rings is 1. The van der Waals surface area contributed by atoms with Gasteiger partial charge in [0.15, 0.2) is 0 Å². The second-order valence-electron chi connectivity index (χ2n) is 6.54. The highest BCUT2D eigenvalue weighted by Crippen LogP contribution is 2.31. The van der Waals surface area contributed by atoms with Gasteiger partial charge in [-0.1, -0.05) is 31.2 Å². The first-order valence-electron chi connectivity index (χ1n) is 9.03. The number of aromatic nitrogens is 2. The van der Waals surface area contributed by atoms with Gasteiger partial charge in [-0.05, 0) is 48.9 Å². The Morgan fingerprint density at radius 1 is 1.24 bits per heavy atom. The molecule has 25 heavy (non-hydrogen) atoms. The van der Waals surface area contributed by atoms with Crippen LogP contribution in [0.4, 0.5) is 5.82 Å². The molecule has 0 amide bonds. The van der Waals surface area contributed by atoms with Crippen molar-refractivity contribution in [2.45, 2.75) is 31.8 Å². The Labute approximate surface area is 148 Å². The molecule has 1 aliphatic heterocycles. The molecular weight excluding hydrogens is 308 g/mol. The van der Waals surface area contributed by atoms with E-state index in [4.69, 9.17) is 0 Å². The van der Waals surface area contributed by atoms with Gasteiger partial charge < -0.3 is 15.2 Å². The molecule has 2 aromatic heterocycles. The van der Waals surface area contributed by atoms with Crippen molar-refractivity contribution in [2.24, 2.45) is 0 Å². The average Bonchev–Trinajstić information content (AvgIpc) is 3.16. The minimum absolute atomic E-state index is 0.273. The van der Waals surface area contributed by atoms with Crippen LogP contribution in [0.25, 0.3) is 10.9 Å². The van der Waals surface area contributed by atoms with E-state index in [1.54, 1.807) is 0 Å². The summed E-state index contributed by atoms with van der Waals surface area (Å²) in [5.41, 5.74) is 2.64. The van der Waals surface area contributed by atoms with Crippen molar-refractivity contribution in [1.82, 2.24) is 14.9 Å². The van der Waals surface area contributed by atoms with Crippen LogP contribution in [0.5, 0.6) is 0 Å². The minimum Gasteiger partial charge on any atom is -0.361 e. The number of aromatic amines is 1. The van der Waals surface area contributed by atoms with Gasteiger partial charge in [-0.25, -0.2) is 4.98 Å². The van der Waals surface area contributed by atoms with E-state index in [2.05, 4.69) is 63.6 Å². The highest BCUT2D eigenvalue weighted by atomic mass is 15.3. The van der Waals surface area contributed by atoms with Crippen LogP contribution in [0.1, 0.15) is 31.2 Å². The zero-order valence-corrected chi connectivity index (χ0v) is 14.5. The molecule has 0 spiro atoms. The summed E-state index contributed by atoms with van der Waals surface area (Å²) in [5.74, 6) is 1.41. The number of allylic oxidation sites excluding steroid dienone is 1. The summed E-state index contributed by atoms with van der Waals surface area (Å²) in [6, 6.07) is 14.7. The minimum atomic E-state index is 0.273. The number of rotatable bonds is 5. The lowest BCUT2D eigenvalue weighted by molar-refractivity contribution is 0.273. The van der Waals surface area contributed by atoms with Gasteiger partial charge in [-0.3, -0.25) is 0 Å². The normalized spacial score (nSPS) is 18.4. The predicted molar refractivity (Wildman–Crippen MR) is 103 cm³/mol. The monoisotopic (exact) mass is 332 g/mol. The summed E-state index contributed by atoms with van der Waals surface area (Å²) in [6.45, 7) is 3.25. The summed E-state index contributed by atoms with van der Waals surface area (Å²) >= 11 is 0. The number of nitrogens with zero attached hydrogens (tertiary/aromatic N) is 2. The van der Waals surface area contributed by atoms with Crippen molar-refractivity contribution >= 4 is 16.7 Å². The summed E-state index contributed by atoms with van der Waals surface area (Å²) in [7, 11) is 0. The lowest BCUT2D eigenvalue weighted by Gasteiger charge is -2.35. The van der Waals surface area contributed by atoms with Crippen LogP contribution in [0.15, 0.2) is 67.1 Å². The Bertz CT molecular complexity index is 852. The van der Waals surface area contributed by atoms with Crippen LogP contribution in [-0.4, -0.2) is 27.6 Å². The average molecular weight is 332 g/mol. The molecule has 0 unspecified atom stereocenters. The first kappa shape index (κ1) is 15.8. The zero-order chi connectivity index (χ0) is 17.1. The fourth-order valence-corrected chi connectivity index (χ4v) is 3.66. The first-order chi connectivity index (χ1) is 12.3. The number of hydrogen-bond donors (Lipinski definition) is 2. The fourth-order valence-electron chi connectivity index (χ4n) is 3.66. The number of nitrogens with one attached hydrogen (secondary N) is 2. The summed E-state index contributed by atoms with van der Waals surface area (Å²) in [4.78, 5) is 10.1. The molecule has 2 N–H and O–H groups in total. The van der Waals surface area contributed by atoms with Crippen LogP contribution in [0.2, 0.25) is 0 Å². The van der Waals surface area contributed by atoms with E-state index < -0.39 is 0 Å². The van der Waals surface area contributed by atoms with Crippen LogP contribution in [-0.2, 0) is 0 Å². The van der Waals surface area contributed by atoms with E-state index in [1.165, 1.54) is 16.5 Å². The molecule has 128 valence electrons. The lowest BCUT2D eigenvalue weighted by Crippen LogP contribution is -2.39. The van der Waals surface area contributed by atoms with Gasteiger partial charge in [0.25, 0.3) is 0 Å². The molecule has 0 saturated carbocycles. The molecule has 0 aliphatic carbocycles. The van der Waals surface area contributed by atoms with Crippen molar-refractivity contribution in [3.8, 4) is 0 Å². The molecule has 0 radical (unpaired) electrons. The molecule has 1 aromatic carbocycles. The molecule has 2 atom stereocenters. The van der Waals surface area contributed by atoms with Gasteiger partial charge in [-0.2, -0.15) is 0 Å². The Morgan fingerprint density at radius 2 is 2.20 bits per heavy atom. The molecule has 0 fully saturated rings. The number of fused-ring (bicyclic) bond motifs is 1. The molecule has 4 heteroatoms. The zero-order valence-electron chi connectivity index (χ0n) is 14.5. The smallest absolute Gasteiger partial charge is 0.127 e. The van der Waals surface area contributed by atoms with Gasteiger partial charge in [0.2, 0.25) is 0 Å². The maximum Gasteiger partial charge on any atom is 0.127 e. The van der Waals surface area contributed by atoms with Crippen molar-refractivity contribution in [3.05, 3.63) is 72.7 Å². The molecular formula is C21H24N4. The second kappa shape index (κ2) is 7.01. The molecule has 0 bridgehead atoms. The SMILES string of the molecule is CC[C@H](Nc1ccccn1)N1C=C[C@H](c2cccc3[nH]ccc23)CC1. The Hall–Kier alpha value is -2.75. The maximum absolute atomic E-state index is 4.39. The van der Waals surface area contributed by atoms with Crippen molar-refractivity contribution < 1.29 is 0 Å². The van der Waals surface area contributed by atoms with Crippen LogP contribution in [0, 0.1) is 0 Å². The van der Waals surface area contributed by atoms with Crippen molar-refractivity contribution in [1.29, 1.82) is 0 Å². The van der Waals surface area contributed by atoms with Gasteiger partial charge in [0.05, 0.1) is 6.17 Å². The third-order valence-corrected chi connectivity index (χ3v) is 5.00. The van der Waals surface area contributed by atoms with Gasteiger partial charge in [0, 0.05) is 35.8 Å². The molecule has 0 saturated heterocycles. The van der Waals surface area contributed by atoms with E-state index in [1.807, 2.05) is 30.6 Å². The number of benzene rings is 1. The molecule has 4 nitrogen and oxygen atoms in total. The standard InChI is InChI=1S/C21H24N4/c1-2-21(24-20-8-3-4-12-23-20)25-14-10-16(11-15-25)17-6-5-7-19-18(17)9-13-22-19/h3-10,12-14,16,21-22H,2,11,15H2,1H3,(H,23,24)/t16-,21+/m0/s1. The van der Waals surface area contributed by atoms with Crippen molar-refractivity contribution in [3.63, 3.8) is 0 Å². The Morgan fingerprint density at radius 3 is 2.96 bits per heavy atom. The van der Waals surface area contributed by atoms with Gasteiger partial charge in [-0.15, -0.1) is 0 Å². The van der Waals surface area contributed by atoms with Gasteiger partial charge in [0.1, 0.15) is 5.82 Å². The topological polar surface area (TPSA) is 44.0 Å². The van der Waals surface area contributed by atoms with E-state index in [0.717, 1.165) is 25.2 Å². The Kier molecular flexibility index (Phi) is 4.42. The van der Waals surface area contributed by atoms with E-state index in [-0.39, 0.29) is 6.17 Å². The second-order valence-corrected chi connectivity index (χ2v) is 6.54. The fraction of sp³-hybridized carbons (Fsp3) is 0.286. The molecule has 4 rings (SSSR count). The predicted octanol–water partition coefficient (Wildman–Crippen LogP) is 4.71. The van der Waals surface area contributed by atoms with E-state index >= 15 is 0 Å². The largest absolute Gasteiger partial charge is 0.361 e. The summed E-state index contributed by atoms with van der Waals surface area (Å²) < 4.78 is 0. The van der Waals surface area contributed by atoms with E-state index in [0.29, 0.717) is 5.92 Å². The number of H-pyrrole nitrogens is 1. The van der Waals surface area contributed by atoms with Crippen LogP contribution < -0.4 is 5.32 Å². The lowest BCUT2D eigenvalue weighted by atomic mass is 9.91. The summed E-state index contributed by atoms with van der Waals surface area (Å²) in [5, 5.41) is 4.87. The van der Waals surface area contributed by atoms with Crippen LogP contribution >= 0.6 is 0 Å². The maximum atomic E-state index is 4.39. The molecule has 3 heterocycles.